The van der Waals surface area contributed by atoms with E-state index in [2.05, 4.69) is 15.6 Å². The first kappa shape index (κ1) is 20.1. The number of carbonyl (C=O) groups is 2. The number of esters is 1. The van der Waals surface area contributed by atoms with Crippen molar-refractivity contribution in [1.29, 1.82) is 0 Å². The van der Waals surface area contributed by atoms with E-state index in [1.807, 2.05) is 37.3 Å². The fourth-order valence-electron chi connectivity index (χ4n) is 2.81. The maximum Gasteiger partial charge on any atom is 0.340 e. The SMILES string of the molecule is CCOC(=O)c1ccccc1Nc1ccc(C(=O)NCc2ccccc2C)cn1. The normalized spacial score (nSPS) is 10.3. The summed E-state index contributed by atoms with van der Waals surface area (Å²) in [5, 5.41) is 6.00. The van der Waals surface area contributed by atoms with E-state index in [9.17, 15) is 9.59 Å². The quantitative estimate of drug-likeness (QED) is 0.591. The van der Waals surface area contributed by atoms with Crippen molar-refractivity contribution in [2.75, 3.05) is 11.9 Å². The molecule has 0 saturated heterocycles. The van der Waals surface area contributed by atoms with Gasteiger partial charge in [-0.25, -0.2) is 9.78 Å². The Morgan fingerprint density at radius 3 is 2.48 bits per heavy atom. The molecule has 1 amide bonds. The molecule has 0 fully saturated rings. The summed E-state index contributed by atoms with van der Waals surface area (Å²) in [7, 11) is 0. The highest BCUT2D eigenvalue weighted by molar-refractivity contribution is 5.96. The predicted molar refractivity (Wildman–Crippen MR) is 112 cm³/mol. The van der Waals surface area contributed by atoms with Crippen molar-refractivity contribution in [1.82, 2.24) is 10.3 Å². The van der Waals surface area contributed by atoms with Crippen LogP contribution in [0.1, 0.15) is 38.8 Å². The van der Waals surface area contributed by atoms with Gasteiger partial charge in [0.05, 0.1) is 23.4 Å². The summed E-state index contributed by atoms with van der Waals surface area (Å²) in [6.07, 6.45) is 1.50. The van der Waals surface area contributed by atoms with Gasteiger partial charge in [0, 0.05) is 12.7 Å². The summed E-state index contributed by atoms with van der Waals surface area (Å²) < 4.78 is 5.08. The number of aryl methyl sites for hydroxylation is 1. The monoisotopic (exact) mass is 389 g/mol. The molecule has 3 rings (SSSR count). The van der Waals surface area contributed by atoms with Crippen LogP contribution in [0.5, 0.6) is 0 Å². The van der Waals surface area contributed by atoms with E-state index in [-0.39, 0.29) is 5.91 Å². The van der Waals surface area contributed by atoms with Crippen LogP contribution in [0.3, 0.4) is 0 Å². The second-order valence-electron chi connectivity index (χ2n) is 6.43. The lowest BCUT2D eigenvalue weighted by molar-refractivity contribution is 0.0527. The number of amides is 1. The Morgan fingerprint density at radius 2 is 1.76 bits per heavy atom. The minimum absolute atomic E-state index is 0.195. The zero-order valence-corrected chi connectivity index (χ0v) is 16.4. The molecule has 0 radical (unpaired) electrons. The van der Waals surface area contributed by atoms with Gasteiger partial charge >= 0.3 is 5.97 Å². The largest absolute Gasteiger partial charge is 0.462 e. The number of anilines is 2. The number of hydrogen-bond acceptors (Lipinski definition) is 5. The third kappa shape index (κ3) is 5.19. The highest BCUT2D eigenvalue weighted by Gasteiger charge is 2.13. The number of hydrogen-bond donors (Lipinski definition) is 2. The van der Waals surface area contributed by atoms with Gasteiger partial charge in [-0.2, -0.15) is 0 Å². The van der Waals surface area contributed by atoms with Crippen molar-refractivity contribution in [3.8, 4) is 0 Å². The van der Waals surface area contributed by atoms with Gasteiger partial charge in [-0.05, 0) is 49.2 Å². The zero-order chi connectivity index (χ0) is 20.6. The second kappa shape index (κ2) is 9.50. The smallest absolute Gasteiger partial charge is 0.340 e. The van der Waals surface area contributed by atoms with E-state index in [1.165, 1.54) is 6.20 Å². The first-order chi connectivity index (χ1) is 14.1. The van der Waals surface area contributed by atoms with Crippen LogP contribution in [0, 0.1) is 6.92 Å². The summed E-state index contributed by atoms with van der Waals surface area (Å²) in [6.45, 7) is 4.53. The first-order valence-electron chi connectivity index (χ1n) is 9.40. The Balaban J connectivity index is 1.66. The fourth-order valence-corrected chi connectivity index (χ4v) is 2.81. The summed E-state index contributed by atoms with van der Waals surface area (Å²) in [5.74, 6) is -0.0702. The van der Waals surface area contributed by atoms with Crippen molar-refractivity contribution in [2.24, 2.45) is 0 Å². The number of nitrogens with zero attached hydrogens (tertiary/aromatic N) is 1. The Hall–Kier alpha value is -3.67. The molecule has 0 saturated carbocycles. The van der Waals surface area contributed by atoms with Crippen LogP contribution >= 0.6 is 0 Å². The molecular weight excluding hydrogens is 366 g/mol. The minimum Gasteiger partial charge on any atom is -0.462 e. The van der Waals surface area contributed by atoms with Crippen LogP contribution in [-0.2, 0) is 11.3 Å². The number of benzene rings is 2. The zero-order valence-electron chi connectivity index (χ0n) is 16.4. The lowest BCUT2D eigenvalue weighted by Gasteiger charge is -2.11. The molecule has 148 valence electrons. The summed E-state index contributed by atoms with van der Waals surface area (Å²) in [5.41, 5.74) is 3.68. The number of carbonyl (C=O) groups excluding carboxylic acids is 2. The highest BCUT2D eigenvalue weighted by atomic mass is 16.5. The number of ether oxygens (including phenoxy) is 1. The predicted octanol–water partition coefficient (Wildman–Crippen LogP) is 4.24. The van der Waals surface area contributed by atoms with Gasteiger partial charge in [-0.1, -0.05) is 36.4 Å². The molecule has 6 heteroatoms. The molecule has 0 unspecified atom stereocenters. The molecule has 0 aliphatic carbocycles. The maximum atomic E-state index is 12.4. The average molecular weight is 389 g/mol. The van der Waals surface area contributed by atoms with Gasteiger partial charge in [0.15, 0.2) is 0 Å². The lowest BCUT2D eigenvalue weighted by atomic mass is 10.1. The third-order valence-electron chi connectivity index (χ3n) is 4.41. The van der Waals surface area contributed by atoms with E-state index in [0.29, 0.717) is 35.8 Å². The van der Waals surface area contributed by atoms with Crippen LogP contribution in [-0.4, -0.2) is 23.5 Å². The summed E-state index contributed by atoms with van der Waals surface area (Å²) in [4.78, 5) is 28.7. The molecule has 2 aromatic carbocycles. The van der Waals surface area contributed by atoms with Crippen molar-refractivity contribution in [2.45, 2.75) is 20.4 Å². The van der Waals surface area contributed by atoms with Gasteiger partial charge in [-0.15, -0.1) is 0 Å². The van der Waals surface area contributed by atoms with Crippen LogP contribution in [0.25, 0.3) is 0 Å². The topological polar surface area (TPSA) is 80.3 Å². The molecule has 0 aliphatic heterocycles. The maximum absolute atomic E-state index is 12.4. The Bertz CT molecular complexity index is 1000. The van der Waals surface area contributed by atoms with Crippen molar-refractivity contribution in [3.05, 3.63) is 89.1 Å². The standard InChI is InChI=1S/C23H23N3O3/c1-3-29-23(28)19-10-6-7-11-20(19)26-21-13-12-18(15-24-21)22(27)25-14-17-9-5-4-8-16(17)2/h4-13,15H,3,14H2,1-2H3,(H,24,26)(H,25,27). The Labute approximate surface area is 169 Å². The molecule has 1 aromatic heterocycles. The molecule has 3 aromatic rings. The molecule has 1 heterocycles. The van der Waals surface area contributed by atoms with Crippen molar-refractivity contribution < 1.29 is 14.3 Å². The van der Waals surface area contributed by atoms with Gasteiger partial charge in [-0.3, -0.25) is 4.79 Å². The van der Waals surface area contributed by atoms with Gasteiger partial charge < -0.3 is 15.4 Å². The molecule has 0 aliphatic rings. The van der Waals surface area contributed by atoms with E-state index in [4.69, 9.17) is 4.74 Å². The number of nitrogens with one attached hydrogen (secondary N) is 2. The van der Waals surface area contributed by atoms with Crippen LogP contribution in [0.4, 0.5) is 11.5 Å². The van der Waals surface area contributed by atoms with E-state index in [1.54, 1.807) is 37.3 Å². The van der Waals surface area contributed by atoms with E-state index < -0.39 is 5.97 Å². The van der Waals surface area contributed by atoms with E-state index >= 15 is 0 Å². The first-order valence-corrected chi connectivity index (χ1v) is 9.40. The van der Waals surface area contributed by atoms with Crippen LogP contribution in [0.15, 0.2) is 66.9 Å². The van der Waals surface area contributed by atoms with Crippen LogP contribution < -0.4 is 10.6 Å². The Morgan fingerprint density at radius 1 is 1.00 bits per heavy atom. The highest BCUT2D eigenvalue weighted by Crippen LogP contribution is 2.20. The van der Waals surface area contributed by atoms with Crippen LogP contribution in [0.2, 0.25) is 0 Å². The van der Waals surface area contributed by atoms with Gasteiger partial charge in [0.25, 0.3) is 5.91 Å². The fraction of sp³-hybridized carbons (Fsp3) is 0.174. The number of para-hydroxylation sites is 1. The summed E-state index contributed by atoms with van der Waals surface area (Å²) in [6, 6.07) is 18.4. The van der Waals surface area contributed by atoms with Gasteiger partial charge in [0.1, 0.15) is 5.82 Å². The number of rotatable bonds is 7. The molecule has 0 spiro atoms. The molecule has 0 atom stereocenters. The molecule has 6 nitrogen and oxygen atoms in total. The molecule has 29 heavy (non-hydrogen) atoms. The third-order valence-corrected chi connectivity index (χ3v) is 4.41. The molecule has 0 bridgehead atoms. The number of aromatic nitrogens is 1. The Kier molecular flexibility index (Phi) is 6.58. The minimum atomic E-state index is -0.400. The van der Waals surface area contributed by atoms with Crippen molar-refractivity contribution >= 4 is 23.4 Å². The van der Waals surface area contributed by atoms with E-state index in [0.717, 1.165) is 11.1 Å². The molecule has 2 N–H and O–H groups in total. The van der Waals surface area contributed by atoms with Gasteiger partial charge in [0.2, 0.25) is 0 Å². The van der Waals surface area contributed by atoms with Crippen molar-refractivity contribution in [3.63, 3.8) is 0 Å². The second-order valence-corrected chi connectivity index (χ2v) is 6.43. The molecular formula is C23H23N3O3. The number of pyridine rings is 1. The lowest BCUT2D eigenvalue weighted by Crippen LogP contribution is -2.23. The average Bonchev–Trinajstić information content (AvgIpc) is 2.74. The summed E-state index contributed by atoms with van der Waals surface area (Å²) >= 11 is 0.